The molecule has 1 fully saturated rings. The predicted octanol–water partition coefficient (Wildman–Crippen LogP) is 7.41. The van der Waals surface area contributed by atoms with Crippen LogP contribution in [0.2, 0.25) is 0 Å². The fraction of sp³-hybridized carbons (Fsp3) is 0.536. The highest BCUT2D eigenvalue weighted by Crippen LogP contribution is 2.26. The zero-order valence-electron chi connectivity index (χ0n) is 20.9. The number of rotatable bonds is 6. The number of quaternary nitrogens is 2. The molecule has 2 heteroatoms. The van der Waals surface area contributed by atoms with Crippen molar-refractivity contribution in [3.05, 3.63) is 78.3 Å². The average Bonchev–Trinajstić information content (AvgIpc) is 2.79. The lowest BCUT2D eigenvalue weighted by molar-refractivity contribution is -1.24. The summed E-state index contributed by atoms with van der Waals surface area (Å²) in [7, 11) is 4.61. The molecule has 1 aliphatic rings. The largest absolute Gasteiger partial charge is 0.364 e. The lowest BCUT2D eigenvalue weighted by atomic mass is 9.99. The van der Waals surface area contributed by atoms with E-state index in [0.717, 1.165) is 4.48 Å². The van der Waals surface area contributed by atoms with Crippen molar-refractivity contribution >= 4 is 0 Å². The van der Waals surface area contributed by atoms with E-state index >= 15 is 0 Å². The molecule has 1 heterocycles. The summed E-state index contributed by atoms with van der Waals surface area (Å²) in [4.78, 5) is 0. The maximum absolute atomic E-state index is 2.32. The first kappa shape index (κ1) is 26.4. The lowest BCUT2D eigenvalue weighted by Crippen LogP contribution is -2.74. The summed E-state index contributed by atoms with van der Waals surface area (Å²) in [6.45, 7) is 19.5. The van der Waals surface area contributed by atoms with Crippen LogP contribution in [0.4, 0.5) is 0 Å². The molecule has 30 heavy (non-hydrogen) atoms. The first-order valence-electron chi connectivity index (χ1n) is 11.8. The average molecular weight is 412 g/mol. The van der Waals surface area contributed by atoms with Crippen LogP contribution < -0.4 is 0 Å². The van der Waals surface area contributed by atoms with Crippen LogP contribution in [-0.2, 0) is 0 Å². The van der Waals surface area contributed by atoms with Gasteiger partial charge >= 0.3 is 0 Å². The first-order valence-corrected chi connectivity index (χ1v) is 11.8. The monoisotopic (exact) mass is 411 g/mol. The molecular formula is C28H47N2+. The number of nitrogens with zero attached hydrogens (tertiary/aromatic N) is 2. The Hall–Kier alpha value is -1.64. The van der Waals surface area contributed by atoms with Crippen LogP contribution in [-0.4, -0.2) is 42.9 Å². The highest BCUT2D eigenvalue weighted by atomic mass is 15.7. The van der Waals surface area contributed by atoms with Gasteiger partial charge < -0.3 is 4.48 Å². The molecule has 2 aromatic carbocycles. The quantitative estimate of drug-likeness (QED) is 0.343. The molecule has 0 aliphatic carbocycles. The normalized spacial score (nSPS) is 24.3. The summed E-state index contributed by atoms with van der Waals surface area (Å²) in [6, 6.07) is 21.3. The van der Waals surface area contributed by atoms with Gasteiger partial charge in [-0.3, -0.25) is 0 Å². The molecule has 0 radical (unpaired) electrons. The number of hydrogen-bond donors (Lipinski definition) is 0. The first-order chi connectivity index (χ1) is 14.2. The maximum Gasteiger partial charge on any atom is 0.191 e. The molecule has 2 atom stereocenters. The third-order valence-electron chi connectivity index (χ3n) is 6.68. The maximum atomic E-state index is 2.32. The highest BCUT2D eigenvalue weighted by Gasteiger charge is 2.42. The Morgan fingerprint density at radius 2 is 1.10 bits per heavy atom. The van der Waals surface area contributed by atoms with Gasteiger partial charge in [-0.05, 0) is 42.7 Å². The van der Waals surface area contributed by atoms with Gasteiger partial charge in [0.25, 0.3) is 0 Å². The molecule has 168 valence electrons. The third kappa shape index (κ3) is 8.62. The minimum atomic E-state index is 0.709. The Morgan fingerprint density at radius 1 is 0.733 bits per heavy atom. The van der Waals surface area contributed by atoms with Crippen LogP contribution >= 0.6 is 0 Å². The summed E-state index contributed by atoms with van der Waals surface area (Å²) in [5, 5.41) is 0. The van der Waals surface area contributed by atoms with Gasteiger partial charge in [-0.1, -0.05) is 88.4 Å². The zero-order valence-corrected chi connectivity index (χ0v) is 20.9. The van der Waals surface area contributed by atoms with Gasteiger partial charge in [0.05, 0.1) is 20.6 Å². The fourth-order valence-electron chi connectivity index (χ4n) is 3.92. The van der Waals surface area contributed by atoms with E-state index in [0.29, 0.717) is 11.8 Å². The molecule has 1 saturated heterocycles. The lowest BCUT2D eigenvalue weighted by Gasteiger charge is -2.58. The summed E-state index contributed by atoms with van der Waals surface area (Å²) in [6.07, 6.45) is 2.45. The standard InChI is InChI=1S/2C10H14.C8H19N2/c2*1-3-9(2)10-7-5-4-6-8-10;1-5-9(3)7-10(4,6-2)8-9/h2*4-9H,3H2,1-2H3;5H,6-8H2,1-4H3/q;;+1. The molecule has 0 saturated carbocycles. The van der Waals surface area contributed by atoms with E-state index < -0.39 is 0 Å². The molecule has 2 aromatic rings. The molecule has 0 amide bonds. The van der Waals surface area contributed by atoms with Crippen LogP contribution in [0.15, 0.2) is 60.7 Å². The van der Waals surface area contributed by atoms with Crippen LogP contribution in [0, 0.1) is 6.54 Å². The molecule has 3 rings (SSSR count). The SMILES string of the molecule is CCC(C)c1ccccc1.CCC(C)c1ccccc1.C[CH-][N+]1(C)C[N+](C)(CC)C1. The minimum absolute atomic E-state index is 0.709. The van der Waals surface area contributed by atoms with E-state index in [1.54, 1.807) is 0 Å². The molecular weight excluding hydrogens is 364 g/mol. The predicted molar refractivity (Wildman–Crippen MR) is 133 cm³/mol. The van der Waals surface area contributed by atoms with Crippen LogP contribution in [0.3, 0.4) is 0 Å². The van der Waals surface area contributed by atoms with Crippen LogP contribution in [0.25, 0.3) is 0 Å². The summed E-state index contributed by atoms with van der Waals surface area (Å²) in [5.74, 6) is 1.42. The Kier molecular flexibility index (Phi) is 11.4. The summed E-state index contributed by atoms with van der Waals surface area (Å²) >= 11 is 0. The smallest absolute Gasteiger partial charge is 0.191 e. The van der Waals surface area contributed by atoms with Gasteiger partial charge in [0.1, 0.15) is 0 Å². The Labute approximate surface area is 187 Å². The van der Waals surface area contributed by atoms with Crippen molar-refractivity contribution in [2.75, 3.05) is 34.0 Å². The van der Waals surface area contributed by atoms with Crippen molar-refractivity contribution < 1.29 is 8.97 Å². The van der Waals surface area contributed by atoms with Gasteiger partial charge in [0, 0.05) is 0 Å². The van der Waals surface area contributed by atoms with Crippen molar-refractivity contribution in [2.45, 2.75) is 66.2 Å². The van der Waals surface area contributed by atoms with Crippen LogP contribution in [0.5, 0.6) is 0 Å². The Bertz CT molecular complexity index is 615. The summed E-state index contributed by atoms with van der Waals surface area (Å²) < 4.78 is 2.38. The second-order valence-electron chi connectivity index (χ2n) is 9.40. The van der Waals surface area contributed by atoms with E-state index in [2.05, 4.69) is 123 Å². The minimum Gasteiger partial charge on any atom is -0.364 e. The van der Waals surface area contributed by atoms with Crippen molar-refractivity contribution in [1.82, 2.24) is 0 Å². The fourth-order valence-corrected chi connectivity index (χ4v) is 3.92. The Balaban J connectivity index is 0.000000225. The van der Waals surface area contributed by atoms with Gasteiger partial charge in [-0.2, -0.15) is 0 Å². The van der Waals surface area contributed by atoms with Crippen molar-refractivity contribution in [3.63, 3.8) is 0 Å². The van der Waals surface area contributed by atoms with Crippen molar-refractivity contribution in [1.29, 1.82) is 0 Å². The molecule has 2 unspecified atom stereocenters. The third-order valence-corrected chi connectivity index (χ3v) is 6.68. The highest BCUT2D eigenvalue weighted by molar-refractivity contribution is 5.19. The van der Waals surface area contributed by atoms with Gasteiger partial charge in [0.2, 0.25) is 0 Å². The van der Waals surface area contributed by atoms with Crippen molar-refractivity contribution in [3.8, 4) is 0 Å². The Morgan fingerprint density at radius 3 is 1.37 bits per heavy atom. The topological polar surface area (TPSA) is 0 Å². The molecule has 1 aliphatic heterocycles. The van der Waals surface area contributed by atoms with Gasteiger partial charge in [-0.15, -0.1) is 13.5 Å². The zero-order chi connectivity index (χ0) is 22.6. The second-order valence-corrected chi connectivity index (χ2v) is 9.40. The van der Waals surface area contributed by atoms with Gasteiger partial charge in [-0.25, -0.2) is 4.48 Å². The van der Waals surface area contributed by atoms with Gasteiger partial charge in [0.15, 0.2) is 13.3 Å². The van der Waals surface area contributed by atoms with E-state index in [1.807, 2.05) is 0 Å². The molecule has 2 nitrogen and oxygen atoms in total. The molecule has 0 N–H and O–H groups in total. The van der Waals surface area contributed by atoms with Crippen molar-refractivity contribution in [2.24, 2.45) is 0 Å². The van der Waals surface area contributed by atoms with Crippen LogP contribution in [0.1, 0.15) is 77.3 Å². The van der Waals surface area contributed by atoms with E-state index in [-0.39, 0.29) is 0 Å². The molecule has 0 bridgehead atoms. The molecule has 0 aromatic heterocycles. The second kappa shape index (κ2) is 12.9. The van der Waals surface area contributed by atoms with E-state index in [1.165, 1.54) is 48.3 Å². The summed E-state index contributed by atoms with van der Waals surface area (Å²) in [5.41, 5.74) is 2.90. The van der Waals surface area contributed by atoms with E-state index in [4.69, 9.17) is 0 Å². The van der Waals surface area contributed by atoms with E-state index in [9.17, 15) is 0 Å². The molecule has 0 spiro atoms. The number of benzene rings is 2. The number of hydrogen-bond acceptors (Lipinski definition) is 0.